The van der Waals surface area contributed by atoms with Gasteiger partial charge in [-0.3, -0.25) is 0 Å². The summed E-state index contributed by atoms with van der Waals surface area (Å²) in [6.45, 7) is 2.25. The van der Waals surface area contributed by atoms with Gasteiger partial charge in [0.15, 0.2) is 0 Å². The summed E-state index contributed by atoms with van der Waals surface area (Å²) in [4.78, 5) is 21.6. The predicted molar refractivity (Wildman–Crippen MR) is 38.1 cm³/mol. The van der Waals surface area contributed by atoms with Crippen molar-refractivity contribution in [1.82, 2.24) is 0 Å². The zero-order chi connectivity index (χ0) is 7.91. The van der Waals surface area contributed by atoms with E-state index in [-0.39, 0.29) is 37.0 Å². The Morgan fingerprint density at radius 1 is 1.27 bits per heavy atom. The summed E-state index contributed by atoms with van der Waals surface area (Å²) in [5.41, 5.74) is 0. The molecule has 0 aromatic rings. The van der Waals surface area contributed by atoms with Crippen LogP contribution in [0, 0.1) is 7.43 Å². The second-order valence-corrected chi connectivity index (χ2v) is 2.26. The molecule has 0 heterocycles. The van der Waals surface area contributed by atoms with Gasteiger partial charge in [0.1, 0.15) is 0 Å². The molecule has 0 aromatic heterocycles. The Kier molecular flexibility index (Phi) is 28.2. The fraction of sp³-hybridized carbons (Fsp3) is 0.750. The van der Waals surface area contributed by atoms with Crippen LogP contribution in [0.4, 0.5) is 0 Å². The molecule has 4 N–H and O–H groups in total. The molecule has 0 saturated heterocycles. The predicted octanol–water partition coefficient (Wildman–Crippen LogP) is -3.09. The molecule has 11 heavy (non-hydrogen) atoms. The standard InChI is InChI=1S/C3H8O.CH3.Na.H3O4P/c1-2-3-4;;;1-5(2,3)4/h4H,2-3H2,1H3;1H3;;(H3,1,2,3,4)/q;-1;+1;. The minimum Gasteiger partial charge on any atom is -0.396 e. The van der Waals surface area contributed by atoms with Crippen molar-refractivity contribution < 1.29 is 53.9 Å². The molecule has 0 aliphatic rings. The van der Waals surface area contributed by atoms with E-state index in [0.29, 0.717) is 6.61 Å². The number of aliphatic hydroxyl groups excluding tert-OH is 1. The fourth-order valence-corrected chi connectivity index (χ4v) is 0. The van der Waals surface area contributed by atoms with Gasteiger partial charge in [-0.2, -0.15) is 0 Å². The van der Waals surface area contributed by atoms with Gasteiger partial charge in [0.2, 0.25) is 0 Å². The molecule has 0 spiro atoms. The van der Waals surface area contributed by atoms with E-state index in [1.54, 1.807) is 0 Å². The van der Waals surface area contributed by atoms with E-state index >= 15 is 0 Å². The largest absolute Gasteiger partial charge is 1.00 e. The van der Waals surface area contributed by atoms with Gasteiger partial charge in [0.25, 0.3) is 0 Å². The van der Waals surface area contributed by atoms with Crippen LogP contribution in [0.15, 0.2) is 0 Å². The maximum absolute atomic E-state index is 8.88. The number of rotatable bonds is 1. The first-order chi connectivity index (χ1) is 3.91. The van der Waals surface area contributed by atoms with Crippen LogP contribution >= 0.6 is 7.82 Å². The topological polar surface area (TPSA) is 98.0 Å². The van der Waals surface area contributed by atoms with Gasteiger partial charge in [-0.25, -0.2) is 4.57 Å². The average molecular weight is 196 g/mol. The number of hydrogen-bond acceptors (Lipinski definition) is 2. The van der Waals surface area contributed by atoms with Crippen LogP contribution in [0.5, 0.6) is 0 Å². The van der Waals surface area contributed by atoms with Crippen molar-refractivity contribution in [2.75, 3.05) is 6.61 Å². The number of aliphatic hydroxyl groups is 1. The molecule has 7 heteroatoms. The molecule has 0 atom stereocenters. The van der Waals surface area contributed by atoms with Crippen LogP contribution in [-0.4, -0.2) is 26.4 Å². The molecular formula is C4H14NaO5P. The fourth-order valence-electron chi connectivity index (χ4n) is 0. The summed E-state index contributed by atoms with van der Waals surface area (Å²) in [7, 11) is -4.64. The van der Waals surface area contributed by atoms with Gasteiger partial charge >= 0.3 is 37.4 Å². The monoisotopic (exact) mass is 196 g/mol. The minimum atomic E-state index is -4.64. The van der Waals surface area contributed by atoms with Crippen molar-refractivity contribution in [3.05, 3.63) is 7.43 Å². The minimum absolute atomic E-state index is 0. The Balaban J connectivity index is -0.0000000383. The Hall–Kier alpha value is 1.07. The first-order valence-corrected chi connectivity index (χ1v) is 3.87. The van der Waals surface area contributed by atoms with E-state index in [9.17, 15) is 0 Å². The quantitative estimate of drug-likeness (QED) is 0.202. The van der Waals surface area contributed by atoms with Crippen LogP contribution in [0.1, 0.15) is 13.3 Å². The van der Waals surface area contributed by atoms with Crippen molar-refractivity contribution in [1.29, 1.82) is 0 Å². The SMILES string of the molecule is CCCO.O=P(O)(O)O.[CH3-].[Na+]. The first kappa shape index (κ1) is 22.7. The molecule has 0 aliphatic heterocycles. The van der Waals surface area contributed by atoms with Gasteiger partial charge in [-0.1, -0.05) is 6.92 Å². The second kappa shape index (κ2) is 13.6. The summed E-state index contributed by atoms with van der Waals surface area (Å²) in [5.74, 6) is 0. The van der Waals surface area contributed by atoms with Gasteiger partial charge in [-0.15, -0.1) is 0 Å². The molecule has 0 aliphatic carbocycles. The second-order valence-electron chi connectivity index (χ2n) is 1.24. The molecule has 0 radical (unpaired) electrons. The van der Waals surface area contributed by atoms with Crippen molar-refractivity contribution in [3.63, 3.8) is 0 Å². The normalized spacial score (nSPS) is 8.09. The molecular weight excluding hydrogens is 182 g/mol. The average Bonchev–Trinajstić information content (AvgIpc) is 1.61. The van der Waals surface area contributed by atoms with Crippen molar-refractivity contribution in [2.45, 2.75) is 13.3 Å². The van der Waals surface area contributed by atoms with Gasteiger partial charge in [0.05, 0.1) is 0 Å². The maximum Gasteiger partial charge on any atom is 1.00 e. The number of phosphoric acid groups is 1. The van der Waals surface area contributed by atoms with Crippen LogP contribution in [0.2, 0.25) is 0 Å². The van der Waals surface area contributed by atoms with E-state index in [2.05, 4.69) is 0 Å². The van der Waals surface area contributed by atoms with Crippen LogP contribution in [0.25, 0.3) is 0 Å². The molecule has 66 valence electrons. The molecule has 0 aromatic carbocycles. The Morgan fingerprint density at radius 3 is 1.36 bits per heavy atom. The summed E-state index contributed by atoms with van der Waals surface area (Å²) in [5, 5.41) is 7.88. The molecule has 0 bridgehead atoms. The molecule has 0 unspecified atom stereocenters. The van der Waals surface area contributed by atoms with E-state index in [4.69, 9.17) is 24.4 Å². The van der Waals surface area contributed by atoms with E-state index in [0.717, 1.165) is 6.42 Å². The Morgan fingerprint density at radius 2 is 1.36 bits per heavy atom. The third-order valence-corrected chi connectivity index (χ3v) is 0.224. The van der Waals surface area contributed by atoms with Crippen molar-refractivity contribution >= 4 is 7.82 Å². The molecule has 0 rings (SSSR count). The van der Waals surface area contributed by atoms with Crippen molar-refractivity contribution in [2.24, 2.45) is 0 Å². The van der Waals surface area contributed by atoms with Crippen LogP contribution in [-0.2, 0) is 4.57 Å². The third kappa shape index (κ3) is 213. The Bertz CT molecular complexity index is 82.2. The maximum atomic E-state index is 8.88. The summed E-state index contributed by atoms with van der Waals surface area (Å²) in [6.07, 6.45) is 0.875. The van der Waals surface area contributed by atoms with Crippen LogP contribution in [0.3, 0.4) is 0 Å². The van der Waals surface area contributed by atoms with Gasteiger partial charge < -0.3 is 27.2 Å². The van der Waals surface area contributed by atoms with Crippen LogP contribution < -0.4 is 29.6 Å². The summed E-state index contributed by atoms with van der Waals surface area (Å²) in [6, 6.07) is 0. The first-order valence-electron chi connectivity index (χ1n) is 2.31. The smallest absolute Gasteiger partial charge is 0.396 e. The molecule has 0 saturated carbocycles. The van der Waals surface area contributed by atoms with E-state index < -0.39 is 7.82 Å². The molecule has 5 nitrogen and oxygen atoms in total. The third-order valence-electron chi connectivity index (χ3n) is 0.224. The van der Waals surface area contributed by atoms with E-state index in [1.165, 1.54) is 0 Å². The van der Waals surface area contributed by atoms with Gasteiger partial charge in [-0.05, 0) is 6.42 Å². The molecule has 0 amide bonds. The summed E-state index contributed by atoms with van der Waals surface area (Å²) < 4.78 is 8.88. The van der Waals surface area contributed by atoms with E-state index in [1.807, 2.05) is 6.92 Å². The molecule has 0 fully saturated rings. The van der Waals surface area contributed by atoms with Crippen molar-refractivity contribution in [3.8, 4) is 0 Å². The van der Waals surface area contributed by atoms with Gasteiger partial charge in [0, 0.05) is 6.61 Å². The zero-order valence-electron chi connectivity index (χ0n) is 7.06. The zero-order valence-corrected chi connectivity index (χ0v) is 9.95. The summed E-state index contributed by atoms with van der Waals surface area (Å²) >= 11 is 0. The number of hydrogen-bond donors (Lipinski definition) is 4. The Labute approximate surface area is 89.0 Å².